The second kappa shape index (κ2) is 3.67. The Bertz CT molecular complexity index is 280. The van der Waals surface area contributed by atoms with Gasteiger partial charge in [-0.05, 0) is 18.8 Å². The predicted octanol–water partition coefficient (Wildman–Crippen LogP) is -0.192. The first-order chi connectivity index (χ1) is 7.82. The number of aliphatic hydroxyl groups excluding tert-OH is 1. The van der Waals surface area contributed by atoms with Crippen molar-refractivity contribution in [2.45, 2.75) is 24.8 Å². The van der Waals surface area contributed by atoms with Crippen molar-refractivity contribution in [3.63, 3.8) is 0 Å². The van der Waals surface area contributed by atoms with Gasteiger partial charge >= 0.3 is 0 Å². The van der Waals surface area contributed by atoms with Gasteiger partial charge in [0.15, 0.2) is 0 Å². The number of fused-ring (bicyclic) bond motifs is 1. The average Bonchev–Trinajstić information content (AvgIpc) is 2.68. The Morgan fingerprint density at radius 2 is 2.12 bits per heavy atom. The molecule has 1 saturated heterocycles. The molecule has 0 spiro atoms. The van der Waals surface area contributed by atoms with E-state index in [1.807, 2.05) is 0 Å². The molecule has 0 amide bonds. The molecule has 0 unspecified atom stereocenters. The van der Waals surface area contributed by atoms with Gasteiger partial charge in [0.1, 0.15) is 0 Å². The second-order valence-electron chi connectivity index (χ2n) is 5.49. The summed E-state index contributed by atoms with van der Waals surface area (Å²) in [6.07, 6.45) is 3.66. The summed E-state index contributed by atoms with van der Waals surface area (Å²) < 4.78 is 5.41. The molecule has 3 atom stereocenters. The first-order valence-electron chi connectivity index (χ1n) is 6.45. The monoisotopic (exact) mass is 226 g/mol. The molecule has 1 heterocycles. The van der Waals surface area contributed by atoms with E-state index in [9.17, 15) is 5.11 Å². The van der Waals surface area contributed by atoms with Crippen molar-refractivity contribution in [2.24, 2.45) is 17.1 Å². The highest BCUT2D eigenvalue weighted by molar-refractivity contribution is 5.31. The van der Waals surface area contributed by atoms with Crippen LogP contribution < -0.4 is 5.73 Å². The molecule has 2 aliphatic carbocycles. The summed E-state index contributed by atoms with van der Waals surface area (Å²) in [6.45, 7) is 4.60. The first kappa shape index (κ1) is 11.0. The van der Waals surface area contributed by atoms with Crippen LogP contribution in [-0.2, 0) is 4.74 Å². The third-order valence-electron chi connectivity index (χ3n) is 5.31. The number of hydrogen-bond acceptors (Lipinski definition) is 4. The Morgan fingerprint density at radius 1 is 1.38 bits per heavy atom. The number of rotatable bonds is 3. The van der Waals surface area contributed by atoms with Crippen molar-refractivity contribution < 1.29 is 9.84 Å². The van der Waals surface area contributed by atoms with Crippen LogP contribution in [0.1, 0.15) is 19.3 Å². The van der Waals surface area contributed by atoms with Gasteiger partial charge in [0.05, 0.1) is 19.8 Å². The highest BCUT2D eigenvalue weighted by Crippen LogP contribution is 2.72. The lowest BCUT2D eigenvalue weighted by molar-refractivity contribution is -0.0106. The molecule has 4 heteroatoms. The molecule has 1 aliphatic heterocycles. The number of aliphatic hydroxyl groups is 1. The maximum atomic E-state index is 9.75. The van der Waals surface area contributed by atoms with Crippen LogP contribution in [0.15, 0.2) is 0 Å². The Balaban J connectivity index is 1.85. The van der Waals surface area contributed by atoms with Crippen molar-refractivity contribution in [2.75, 3.05) is 39.5 Å². The minimum atomic E-state index is 0.101. The van der Waals surface area contributed by atoms with E-state index in [-0.39, 0.29) is 11.0 Å². The van der Waals surface area contributed by atoms with Gasteiger partial charge in [0.2, 0.25) is 0 Å². The maximum Gasteiger partial charge on any atom is 0.0594 e. The van der Waals surface area contributed by atoms with Gasteiger partial charge in [0, 0.05) is 30.6 Å². The van der Waals surface area contributed by atoms with Crippen LogP contribution in [0.2, 0.25) is 0 Å². The number of morpholine rings is 1. The van der Waals surface area contributed by atoms with Gasteiger partial charge in [-0.15, -0.1) is 0 Å². The van der Waals surface area contributed by atoms with Gasteiger partial charge in [-0.3, -0.25) is 4.90 Å². The van der Waals surface area contributed by atoms with E-state index in [0.29, 0.717) is 19.1 Å². The number of hydrogen-bond donors (Lipinski definition) is 2. The second-order valence-corrected chi connectivity index (χ2v) is 5.49. The van der Waals surface area contributed by atoms with Crippen LogP contribution in [0.5, 0.6) is 0 Å². The molecule has 2 saturated carbocycles. The molecular weight excluding hydrogens is 204 g/mol. The molecular formula is C12H22N2O2. The average molecular weight is 226 g/mol. The molecule has 3 N–H and O–H groups in total. The number of ether oxygens (including phenoxy) is 1. The molecule has 3 rings (SSSR count). The van der Waals surface area contributed by atoms with Crippen molar-refractivity contribution in [3.05, 3.63) is 0 Å². The molecule has 0 bridgehead atoms. The van der Waals surface area contributed by atoms with Crippen LogP contribution in [0.25, 0.3) is 0 Å². The van der Waals surface area contributed by atoms with Gasteiger partial charge < -0.3 is 15.6 Å². The molecule has 3 aliphatic rings. The topological polar surface area (TPSA) is 58.7 Å². The van der Waals surface area contributed by atoms with Crippen molar-refractivity contribution in [1.82, 2.24) is 4.90 Å². The SMILES string of the molecule is NC[C@@]1(N2CCOCC2)[C@H]2CCC[C@]21CO. The lowest BCUT2D eigenvalue weighted by atomic mass is 9.93. The van der Waals surface area contributed by atoms with E-state index in [0.717, 1.165) is 32.7 Å². The van der Waals surface area contributed by atoms with Gasteiger partial charge in [0.25, 0.3) is 0 Å². The van der Waals surface area contributed by atoms with Gasteiger partial charge in [-0.25, -0.2) is 0 Å². The normalized spacial score (nSPS) is 48.0. The number of nitrogens with zero attached hydrogens (tertiary/aromatic N) is 1. The van der Waals surface area contributed by atoms with Gasteiger partial charge in [-0.1, -0.05) is 6.42 Å². The van der Waals surface area contributed by atoms with Crippen molar-refractivity contribution >= 4 is 0 Å². The minimum absolute atomic E-state index is 0.101. The zero-order valence-electron chi connectivity index (χ0n) is 9.82. The quantitative estimate of drug-likeness (QED) is 0.700. The highest BCUT2D eigenvalue weighted by Gasteiger charge is 2.78. The Hall–Kier alpha value is -0.160. The third-order valence-corrected chi connectivity index (χ3v) is 5.31. The lowest BCUT2D eigenvalue weighted by Crippen LogP contribution is -2.53. The minimum Gasteiger partial charge on any atom is -0.396 e. The van der Waals surface area contributed by atoms with Crippen molar-refractivity contribution in [3.8, 4) is 0 Å². The largest absolute Gasteiger partial charge is 0.396 e. The van der Waals surface area contributed by atoms with Crippen LogP contribution in [0.3, 0.4) is 0 Å². The highest BCUT2D eigenvalue weighted by atomic mass is 16.5. The Morgan fingerprint density at radius 3 is 2.69 bits per heavy atom. The smallest absolute Gasteiger partial charge is 0.0594 e. The molecule has 16 heavy (non-hydrogen) atoms. The first-order valence-corrected chi connectivity index (χ1v) is 6.45. The predicted molar refractivity (Wildman–Crippen MR) is 61.0 cm³/mol. The summed E-state index contributed by atoms with van der Waals surface area (Å²) in [4.78, 5) is 2.50. The molecule has 92 valence electrons. The summed E-state index contributed by atoms with van der Waals surface area (Å²) in [5.74, 6) is 0.632. The van der Waals surface area contributed by atoms with E-state index in [1.165, 1.54) is 12.8 Å². The van der Waals surface area contributed by atoms with E-state index in [2.05, 4.69) is 4.90 Å². The van der Waals surface area contributed by atoms with E-state index >= 15 is 0 Å². The maximum absolute atomic E-state index is 9.75. The summed E-state index contributed by atoms with van der Waals surface area (Å²) in [7, 11) is 0. The fourth-order valence-corrected chi connectivity index (χ4v) is 4.57. The zero-order valence-corrected chi connectivity index (χ0v) is 9.82. The Kier molecular flexibility index (Phi) is 2.51. The molecule has 3 fully saturated rings. The third kappa shape index (κ3) is 1.09. The molecule has 0 aromatic heterocycles. The van der Waals surface area contributed by atoms with Crippen LogP contribution >= 0.6 is 0 Å². The van der Waals surface area contributed by atoms with Crippen LogP contribution in [0.4, 0.5) is 0 Å². The summed E-state index contributed by atoms with van der Waals surface area (Å²) >= 11 is 0. The molecule has 0 aromatic carbocycles. The summed E-state index contributed by atoms with van der Waals surface area (Å²) in [5.41, 5.74) is 6.28. The molecule has 0 radical (unpaired) electrons. The fraction of sp³-hybridized carbons (Fsp3) is 1.00. The molecule has 4 nitrogen and oxygen atoms in total. The fourth-order valence-electron chi connectivity index (χ4n) is 4.57. The number of nitrogens with two attached hydrogens (primary N) is 1. The van der Waals surface area contributed by atoms with Crippen LogP contribution in [0, 0.1) is 11.3 Å². The summed E-state index contributed by atoms with van der Waals surface area (Å²) in [5, 5.41) is 9.75. The standard InChI is InChI=1S/C12H22N2O2/c13-8-12(14-4-6-16-7-5-14)10-2-1-3-11(10,12)9-15/h10,15H,1-9,13H2/t10-,11-,12+/m0/s1. The summed E-state index contributed by atoms with van der Waals surface area (Å²) in [6, 6.07) is 0. The molecule has 0 aromatic rings. The van der Waals surface area contributed by atoms with Gasteiger partial charge in [-0.2, -0.15) is 0 Å². The zero-order chi connectivity index (χ0) is 11.2. The van der Waals surface area contributed by atoms with E-state index in [1.54, 1.807) is 0 Å². The van der Waals surface area contributed by atoms with Crippen molar-refractivity contribution in [1.29, 1.82) is 0 Å². The Labute approximate surface area is 96.7 Å². The van der Waals surface area contributed by atoms with E-state index in [4.69, 9.17) is 10.5 Å². The van der Waals surface area contributed by atoms with Crippen LogP contribution in [-0.4, -0.2) is 55.0 Å². The van der Waals surface area contributed by atoms with E-state index < -0.39 is 0 Å². The lowest BCUT2D eigenvalue weighted by Gasteiger charge is -2.39.